The fourth-order valence-electron chi connectivity index (χ4n) is 1.10. The Balaban J connectivity index is 2.89. The molecule has 0 atom stereocenters. The zero-order valence-electron chi connectivity index (χ0n) is 5.64. The van der Waals surface area contributed by atoms with Gasteiger partial charge in [-0.15, -0.1) is 0 Å². The van der Waals surface area contributed by atoms with Gasteiger partial charge in [0, 0.05) is 14.2 Å². The minimum atomic E-state index is 0.784. The summed E-state index contributed by atoms with van der Waals surface area (Å²) in [6.45, 7) is 0.784. The van der Waals surface area contributed by atoms with Gasteiger partial charge in [0.05, 0.1) is 11.9 Å². The largest absolute Gasteiger partial charge is 0.279 e. The highest BCUT2D eigenvalue weighted by Gasteiger charge is 2.01. The lowest BCUT2D eigenvalue weighted by molar-refractivity contribution is 1.22. The van der Waals surface area contributed by atoms with Crippen LogP contribution in [0.3, 0.4) is 0 Å². The Morgan fingerprint density at radius 1 is 1.27 bits per heavy atom. The van der Waals surface area contributed by atoms with Crippen LogP contribution in [0.15, 0.2) is 27.7 Å². The first-order chi connectivity index (χ1) is 5.27. The number of nitrogens with zero attached hydrogens (tertiary/aromatic N) is 1. The third kappa shape index (κ3) is 1.27. The number of rotatable bonds is 0. The number of fused-ring (bicyclic) bond motifs is 1. The minimum Gasteiger partial charge on any atom is -0.279 e. The van der Waals surface area contributed by atoms with Gasteiger partial charge in [-0.3, -0.25) is 4.99 Å². The van der Waals surface area contributed by atoms with E-state index in [-0.39, 0.29) is 0 Å². The molecule has 2 rings (SSSR count). The lowest BCUT2D eigenvalue weighted by Gasteiger charge is -1.86. The fourth-order valence-corrected chi connectivity index (χ4v) is 1.91. The molecule has 1 aliphatic rings. The van der Waals surface area contributed by atoms with Gasteiger partial charge >= 0.3 is 0 Å². The van der Waals surface area contributed by atoms with E-state index in [4.69, 9.17) is 0 Å². The quantitative estimate of drug-likeness (QED) is 0.681. The first-order valence-electron chi connectivity index (χ1n) is 3.26. The van der Waals surface area contributed by atoms with Crippen LogP contribution in [-0.2, 0) is 0 Å². The molecule has 1 aliphatic heterocycles. The Bertz CT molecular complexity index is 409. The molecule has 0 unspecified atom stereocenters. The molecule has 0 N–H and O–H groups in total. The maximum absolute atomic E-state index is 4.33. The fraction of sp³-hybridized carbons (Fsp3) is 0.125. The molecule has 0 saturated heterocycles. The van der Waals surface area contributed by atoms with Crippen molar-refractivity contribution in [3.05, 3.63) is 33.2 Å². The maximum atomic E-state index is 4.33. The summed E-state index contributed by atoms with van der Waals surface area (Å²) in [5.41, 5.74) is 0. The van der Waals surface area contributed by atoms with Crippen molar-refractivity contribution in [3.8, 4) is 0 Å². The molecular formula is C8H5Br2N. The van der Waals surface area contributed by atoms with E-state index in [9.17, 15) is 0 Å². The second-order valence-corrected chi connectivity index (χ2v) is 4.26. The number of hydrogen-bond acceptors (Lipinski definition) is 1. The molecular weight excluding hydrogens is 270 g/mol. The van der Waals surface area contributed by atoms with Crippen LogP contribution in [-0.4, -0.2) is 6.54 Å². The predicted molar refractivity (Wildman–Crippen MR) is 52.1 cm³/mol. The summed E-state index contributed by atoms with van der Waals surface area (Å²) in [6, 6.07) is 6.13. The van der Waals surface area contributed by atoms with Gasteiger partial charge in [0.25, 0.3) is 0 Å². The third-order valence-corrected chi connectivity index (χ3v) is 2.81. The van der Waals surface area contributed by atoms with E-state index >= 15 is 0 Å². The molecule has 0 aliphatic carbocycles. The molecule has 0 saturated carbocycles. The van der Waals surface area contributed by atoms with Crippen LogP contribution in [0.4, 0.5) is 0 Å². The zero-order chi connectivity index (χ0) is 7.84. The van der Waals surface area contributed by atoms with E-state index in [1.165, 1.54) is 9.70 Å². The van der Waals surface area contributed by atoms with Crippen molar-refractivity contribution in [2.45, 2.75) is 0 Å². The van der Waals surface area contributed by atoms with Gasteiger partial charge in [0.1, 0.15) is 0 Å². The molecule has 1 aromatic rings. The average Bonchev–Trinajstić information content (AvgIpc) is 2.32. The molecule has 0 aromatic heterocycles. The van der Waals surface area contributed by atoms with Crippen molar-refractivity contribution >= 4 is 36.3 Å². The molecule has 1 aromatic carbocycles. The molecule has 0 amide bonds. The van der Waals surface area contributed by atoms with Gasteiger partial charge in [-0.25, -0.2) is 0 Å². The summed E-state index contributed by atoms with van der Waals surface area (Å²) in [4.78, 5) is 4.33. The summed E-state index contributed by atoms with van der Waals surface area (Å²) in [7, 11) is 0. The van der Waals surface area contributed by atoms with Crippen LogP contribution in [0.2, 0.25) is 0 Å². The van der Waals surface area contributed by atoms with E-state index in [0.29, 0.717) is 0 Å². The van der Waals surface area contributed by atoms with Crippen LogP contribution in [0.25, 0.3) is 4.48 Å². The Morgan fingerprint density at radius 3 is 2.91 bits per heavy atom. The van der Waals surface area contributed by atoms with Crippen molar-refractivity contribution in [1.82, 2.24) is 0 Å². The van der Waals surface area contributed by atoms with Gasteiger partial charge in [0.15, 0.2) is 0 Å². The SMILES string of the molecule is BrC1=c2ccc(Br)cc2=NC1. The topological polar surface area (TPSA) is 12.4 Å². The summed E-state index contributed by atoms with van der Waals surface area (Å²) < 4.78 is 2.27. The second kappa shape index (κ2) is 2.72. The Morgan fingerprint density at radius 2 is 2.09 bits per heavy atom. The van der Waals surface area contributed by atoms with Gasteiger partial charge in [-0.05, 0) is 12.1 Å². The van der Waals surface area contributed by atoms with Crippen LogP contribution in [0, 0.1) is 0 Å². The summed E-state index contributed by atoms with van der Waals surface area (Å²) in [6.07, 6.45) is 0. The molecule has 0 spiro atoms. The maximum Gasteiger partial charge on any atom is 0.0719 e. The van der Waals surface area contributed by atoms with Gasteiger partial charge in [-0.1, -0.05) is 37.9 Å². The standard InChI is InChI=1S/C8H5Br2N/c9-5-1-2-6-7(10)4-11-8(6)3-5/h1-3H,4H2. The lowest BCUT2D eigenvalue weighted by Crippen LogP contribution is -2.21. The molecule has 11 heavy (non-hydrogen) atoms. The predicted octanol–water partition coefficient (Wildman–Crippen LogP) is 1.59. The molecule has 0 bridgehead atoms. The second-order valence-electron chi connectivity index (χ2n) is 2.38. The molecule has 1 heterocycles. The third-order valence-electron chi connectivity index (χ3n) is 1.64. The summed E-state index contributed by atoms with van der Waals surface area (Å²) in [5, 5.41) is 2.29. The van der Waals surface area contributed by atoms with E-state index in [1.54, 1.807) is 0 Å². The number of hydrogen-bond donors (Lipinski definition) is 0. The zero-order valence-corrected chi connectivity index (χ0v) is 8.81. The van der Waals surface area contributed by atoms with Crippen LogP contribution < -0.4 is 10.6 Å². The van der Waals surface area contributed by atoms with E-state index in [1.807, 2.05) is 12.1 Å². The molecule has 3 heteroatoms. The van der Waals surface area contributed by atoms with Crippen LogP contribution >= 0.6 is 31.9 Å². The Kier molecular flexibility index (Phi) is 1.85. The van der Waals surface area contributed by atoms with E-state index in [0.717, 1.165) is 16.4 Å². The molecule has 56 valence electrons. The summed E-state index contributed by atoms with van der Waals surface area (Å²) in [5.74, 6) is 0. The van der Waals surface area contributed by atoms with Crippen molar-refractivity contribution in [2.24, 2.45) is 4.99 Å². The molecule has 1 nitrogen and oxygen atoms in total. The van der Waals surface area contributed by atoms with Crippen molar-refractivity contribution in [1.29, 1.82) is 0 Å². The highest BCUT2D eigenvalue weighted by atomic mass is 79.9. The highest BCUT2D eigenvalue weighted by molar-refractivity contribution is 9.14. The van der Waals surface area contributed by atoms with Gasteiger partial charge in [0.2, 0.25) is 0 Å². The average molecular weight is 275 g/mol. The minimum absolute atomic E-state index is 0.784. The smallest absolute Gasteiger partial charge is 0.0719 e. The van der Waals surface area contributed by atoms with Crippen LogP contribution in [0.1, 0.15) is 0 Å². The van der Waals surface area contributed by atoms with Gasteiger partial charge < -0.3 is 0 Å². The normalized spacial score (nSPS) is 14.5. The van der Waals surface area contributed by atoms with Crippen LogP contribution in [0.5, 0.6) is 0 Å². The van der Waals surface area contributed by atoms with Gasteiger partial charge in [-0.2, -0.15) is 0 Å². The lowest BCUT2D eigenvalue weighted by atomic mass is 10.3. The first-order valence-corrected chi connectivity index (χ1v) is 4.85. The first kappa shape index (κ1) is 7.50. The molecule has 0 fully saturated rings. The monoisotopic (exact) mass is 273 g/mol. The Hall–Kier alpha value is -0.150. The number of benzene rings is 1. The molecule has 0 radical (unpaired) electrons. The van der Waals surface area contributed by atoms with E-state index in [2.05, 4.69) is 42.9 Å². The summed E-state index contributed by atoms with van der Waals surface area (Å²) >= 11 is 6.87. The highest BCUT2D eigenvalue weighted by Crippen LogP contribution is 2.08. The van der Waals surface area contributed by atoms with Crippen molar-refractivity contribution in [2.75, 3.05) is 6.54 Å². The van der Waals surface area contributed by atoms with Crippen molar-refractivity contribution in [3.63, 3.8) is 0 Å². The van der Waals surface area contributed by atoms with Crippen molar-refractivity contribution < 1.29 is 0 Å². The number of halogens is 2. The van der Waals surface area contributed by atoms with E-state index < -0.39 is 0 Å². The Labute approximate surface area is 81.1 Å².